The molecule has 1 rings (SSSR count). The van der Waals surface area contributed by atoms with Gasteiger partial charge in [-0.3, -0.25) is 9.48 Å². The maximum absolute atomic E-state index is 11.5. The van der Waals surface area contributed by atoms with Crippen molar-refractivity contribution in [1.29, 1.82) is 0 Å². The van der Waals surface area contributed by atoms with Crippen molar-refractivity contribution >= 4 is 5.91 Å². The van der Waals surface area contributed by atoms with Gasteiger partial charge in [0.05, 0.1) is 6.04 Å². The molecule has 0 saturated carbocycles. The van der Waals surface area contributed by atoms with E-state index in [1.165, 1.54) is 0 Å². The number of methoxy groups -OCH3 is 1. The van der Waals surface area contributed by atoms with Crippen molar-refractivity contribution in [3.05, 3.63) is 18.0 Å². The van der Waals surface area contributed by atoms with Crippen LogP contribution >= 0.6 is 0 Å². The fraction of sp³-hybridized carbons (Fsp3) is 0.636. The normalized spacial score (nSPS) is 12.4. The Labute approximate surface area is 101 Å². The first-order valence-electron chi connectivity index (χ1n) is 5.64. The highest BCUT2D eigenvalue weighted by molar-refractivity contribution is 5.81. The number of carbonyl (C=O) groups excluding carboxylic acids is 1. The third-order valence-corrected chi connectivity index (χ3v) is 2.57. The van der Waals surface area contributed by atoms with Gasteiger partial charge in [0.2, 0.25) is 5.91 Å². The Morgan fingerprint density at radius 1 is 1.71 bits per heavy atom. The number of nitrogens with two attached hydrogens (primary N) is 1. The number of rotatable bonds is 7. The first kappa shape index (κ1) is 13.7. The van der Waals surface area contributed by atoms with Gasteiger partial charge >= 0.3 is 0 Å². The number of hydrogen-bond donors (Lipinski definition) is 2. The molecule has 6 heteroatoms. The molecule has 0 spiro atoms. The van der Waals surface area contributed by atoms with Gasteiger partial charge in [-0.05, 0) is 12.5 Å². The van der Waals surface area contributed by atoms with Gasteiger partial charge in [-0.25, -0.2) is 0 Å². The lowest BCUT2D eigenvalue weighted by Gasteiger charge is -2.11. The number of nitrogens with one attached hydrogen (secondary N) is 1. The topological polar surface area (TPSA) is 82.2 Å². The number of carbonyl (C=O) groups is 1. The van der Waals surface area contributed by atoms with E-state index in [4.69, 9.17) is 10.5 Å². The molecule has 0 radical (unpaired) electrons. The third kappa shape index (κ3) is 4.54. The molecule has 0 fully saturated rings. The predicted octanol–water partition coefficient (Wildman–Crippen LogP) is -0.557. The molecule has 17 heavy (non-hydrogen) atoms. The Kier molecular flexibility index (Phi) is 5.65. The van der Waals surface area contributed by atoms with E-state index in [2.05, 4.69) is 10.4 Å². The van der Waals surface area contributed by atoms with Crippen LogP contribution in [0.2, 0.25) is 0 Å². The summed E-state index contributed by atoms with van der Waals surface area (Å²) in [5.41, 5.74) is 6.76. The lowest BCUT2D eigenvalue weighted by atomic mass is 10.2. The molecule has 0 aliphatic heterocycles. The van der Waals surface area contributed by atoms with Crippen molar-refractivity contribution in [3.8, 4) is 0 Å². The number of amides is 1. The van der Waals surface area contributed by atoms with Crippen molar-refractivity contribution in [2.75, 3.05) is 20.3 Å². The van der Waals surface area contributed by atoms with E-state index in [9.17, 15) is 4.79 Å². The average Bonchev–Trinajstić information content (AvgIpc) is 2.72. The second-order valence-electron chi connectivity index (χ2n) is 3.88. The molecule has 0 bridgehead atoms. The lowest BCUT2D eigenvalue weighted by Crippen LogP contribution is -2.42. The molecule has 1 atom stereocenters. The van der Waals surface area contributed by atoms with Crippen LogP contribution in [0.25, 0.3) is 0 Å². The first-order valence-corrected chi connectivity index (χ1v) is 5.64. The smallest absolute Gasteiger partial charge is 0.237 e. The van der Waals surface area contributed by atoms with Crippen LogP contribution in [0, 0.1) is 0 Å². The van der Waals surface area contributed by atoms with Crippen LogP contribution in [0.3, 0.4) is 0 Å². The van der Waals surface area contributed by atoms with Crippen molar-refractivity contribution in [3.63, 3.8) is 0 Å². The summed E-state index contributed by atoms with van der Waals surface area (Å²) in [7, 11) is 3.47. The number of aromatic nitrogens is 2. The van der Waals surface area contributed by atoms with Crippen molar-refractivity contribution in [1.82, 2.24) is 15.1 Å². The second-order valence-corrected chi connectivity index (χ2v) is 3.88. The van der Waals surface area contributed by atoms with Crippen molar-refractivity contribution < 1.29 is 9.53 Å². The fourth-order valence-electron chi connectivity index (χ4n) is 1.47. The van der Waals surface area contributed by atoms with E-state index in [1.807, 2.05) is 13.1 Å². The number of aryl methyl sites for hydroxylation is 1. The van der Waals surface area contributed by atoms with Crippen molar-refractivity contribution in [2.24, 2.45) is 12.8 Å². The van der Waals surface area contributed by atoms with Crippen LogP contribution in [0.4, 0.5) is 0 Å². The van der Waals surface area contributed by atoms with Gasteiger partial charge in [-0.2, -0.15) is 5.10 Å². The lowest BCUT2D eigenvalue weighted by molar-refractivity contribution is -0.122. The van der Waals surface area contributed by atoms with Gasteiger partial charge in [0, 0.05) is 45.6 Å². The standard InChI is InChI=1S/C11H20N4O2/c1-15-9(4-7-14-15)3-6-13-11(16)10(12)5-8-17-2/h4,7,10H,3,5-6,8,12H2,1-2H3,(H,13,16). The van der Waals surface area contributed by atoms with Crippen molar-refractivity contribution in [2.45, 2.75) is 18.9 Å². The Hall–Kier alpha value is -1.40. The Morgan fingerprint density at radius 2 is 2.47 bits per heavy atom. The SMILES string of the molecule is COCCC(N)C(=O)NCCc1ccnn1C. The highest BCUT2D eigenvalue weighted by atomic mass is 16.5. The molecule has 1 aromatic rings. The van der Waals surface area contributed by atoms with Crippen LogP contribution in [-0.4, -0.2) is 42.0 Å². The zero-order valence-corrected chi connectivity index (χ0v) is 10.3. The minimum absolute atomic E-state index is 0.135. The number of hydrogen-bond acceptors (Lipinski definition) is 4. The van der Waals surface area contributed by atoms with Gasteiger partial charge in [-0.1, -0.05) is 0 Å². The molecule has 1 amide bonds. The van der Waals surface area contributed by atoms with E-state index in [-0.39, 0.29) is 5.91 Å². The Morgan fingerprint density at radius 3 is 3.06 bits per heavy atom. The summed E-state index contributed by atoms with van der Waals surface area (Å²) in [6.07, 6.45) is 3.02. The van der Waals surface area contributed by atoms with Gasteiger partial charge < -0.3 is 15.8 Å². The van der Waals surface area contributed by atoms with Crippen LogP contribution in [0.15, 0.2) is 12.3 Å². The fourth-order valence-corrected chi connectivity index (χ4v) is 1.47. The summed E-state index contributed by atoms with van der Waals surface area (Å²) in [5, 5.41) is 6.85. The van der Waals surface area contributed by atoms with E-state index >= 15 is 0 Å². The van der Waals surface area contributed by atoms with Gasteiger partial charge in [0.25, 0.3) is 0 Å². The molecule has 0 aromatic carbocycles. The molecule has 96 valence electrons. The summed E-state index contributed by atoms with van der Waals surface area (Å²) in [6.45, 7) is 1.06. The highest BCUT2D eigenvalue weighted by Crippen LogP contribution is 1.96. The van der Waals surface area contributed by atoms with Crippen LogP contribution in [0.1, 0.15) is 12.1 Å². The largest absolute Gasteiger partial charge is 0.385 e. The average molecular weight is 240 g/mol. The molecule has 0 aliphatic carbocycles. The highest BCUT2D eigenvalue weighted by Gasteiger charge is 2.12. The van der Waals surface area contributed by atoms with Crippen LogP contribution < -0.4 is 11.1 Å². The monoisotopic (exact) mass is 240 g/mol. The first-order chi connectivity index (χ1) is 8.15. The quantitative estimate of drug-likeness (QED) is 0.669. The summed E-state index contributed by atoms with van der Waals surface area (Å²) >= 11 is 0. The van der Waals surface area contributed by atoms with E-state index in [0.717, 1.165) is 12.1 Å². The molecule has 1 aromatic heterocycles. The predicted molar refractivity (Wildman–Crippen MR) is 64.4 cm³/mol. The molecule has 6 nitrogen and oxygen atoms in total. The molecule has 0 saturated heterocycles. The van der Waals surface area contributed by atoms with Gasteiger partial charge in [0.15, 0.2) is 0 Å². The van der Waals surface area contributed by atoms with E-state index in [1.54, 1.807) is 18.0 Å². The maximum Gasteiger partial charge on any atom is 0.237 e. The number of ether oxygens (including phenoxy) is 1. The summed E-state index contributed by atoms with van der Waals surface area (Å²) in [6, 6.07) is 1.43. The van der Waals surface area contributed by atoms with E-state index < -0.39 is 6.04 Å². The van der Waals surface area contributed by atoms with Gasteiger partial charge in [-0.15, -0.1) is 0 Å². The van der Waals surface area contributed by atoms with E-state index in [0.29, 0.717) is 19.6 Å². The minimum Gasteiger partial charge on any atom is -0.385 e. The summed E-state index contributed by atoms with van der Waals surface area (Å²) < 4.78 is 6.66. The zero-order valence-electron chi connectivity index (χ0n) is 10.3. The third-order valence-electron chi connectivity index (χ3n) is 2.57. The molecular formula is C11H20N4O2. The summed E-state index contributed by atoms with van der Waals surface area (Å²) in [5.74, 6) is -0.135. The molecule has 1 heterocycles. The van der Waals surface area contributed by atoms with Crippen LogP contribution in [-0.2, 0) is 23.0 Å². The van der Waals surface area contributed by atoms with Gasteiger partial charge in [0.1, 0.15) is 0 Å². The number of nitrogens with zero attached hydrogens (tertiary/aromatic N) is 2. The minimum atomic E-state index is -0.499. The summed E-state index contributed by atoms with van der Waals surface area (Å²) in [4.78, 5) is 11.5. The zero-order chi connectivity index (χ0) is 12.7. The molecule has 3 N–H and O–H groups in total. The second kappa shape index (κ2) is 7.03. The Balaban J connectivity index is 2.22. The van der Waals surface area contributed by atoms with Crippen LogP contribution in [0.5, 0.6) is 0 Å². The maximum atomic E-state index is 11.5. The Bertz CT molecular complexity index is 351. The molecular weight excluding hydrogens is 220 g/mol. The molecule has 1 unspecified atom stereocenters. The molecule has 0 aliphatic rings.